The van der Waals surface area contributed by atoms with E-state index < -0.39 is 0 Å². The molecule has 0 atom stereocenters. The third-order valence-corrected chi connectivity index (χ3v) is 3.94. The lowest BCUT2D eigenvalue weighted by Gasteiger charge is -2.20. The molecule has 0 heterocycles. The Morgan fingerprint density at radius 3 is 2.48 bits per heavy atom. The summed E-state index contributed by atoms with van der Waals surface area (Å²) >= 11 is 3.52. The molecule has 0 aliphatic rings. The largest absolute Gasteiger partial charge is 0.370 e. The summed E-state index contributed by atoms with van der Waals surface area (Å²) in [5.41, 5.74) is 3.89. The number of benzene rings is 2. The van der Waals surface area contributed by atoms with Crippen LogP contribution in [0.4, 0.5) is 5.69 Å². The van der Waals surface area contributed by atoms with E-state index in [1.807, 2.05) is 0 Å². The van der Waals surface area contributed by atoms with Gasteiger partial charge in [0, 0.05) is 30.3 Å². The molecule has 0 saturated carbocycles. The Bertz CT molecular complexity index is 551. The van der Waals surface area contributed by atoms with Gasteiger partial charge >= 0.3 is 0 Å². The number of nitrogens with one attached hydrogen (secondary N) is 1. The van der Waals surface area contributed by atoms with E-state index in [9.17, 15) is 0 Å². The van der Waals surface area contributed by atoms with Gasteiger partial charge in [0.05, 0.1) is 0 Å². The first kappa shape index (κ1) is 16.1. The second-order valence-corrected chi connectivity index (χ2v) is 6.24. The molecule has 0 saturated heterocycles. The van der Waals surface area contributed by atoms with E-state index in [0.29, 0.717) is 0 Å². The first-order chi connectivity index (χ1) is 10.2. The van der Waals surface area contributed by atoms with Crippen molar-refractivity contribution < 1.29 is 0 Å². The molecule has 112 valence electrons. The lowest BCUT2D eigenvalue weighted by atomic mass is 10.1. The van der Waals surface area contributed by atoms with Gasteiger partial charge < -0.3 is 10.2 Å². The zero-order chi connectivity index (χ0) is 15.1. The number of rotatable bonds is 7. The molecule has 0 aromatic heterocycles. The van der Waals surface area contributed by atoms with Crippen LogP contribution in [0.15, 0.2) is 53.0 Å². The van der Waals surface area contributed by atoms with Gasteiger partial charge in [-0.15, -0.1) is 0 Å². The third kappa shape index (κ3) is 5.18. The number of halogens is 1. The van der Waals surface area contributed by atoms with E-state index in [2.05, 4.69) is 88.6 Å². The van der Waals surface area contributed by atoms with Crippen LogP contribution in [0, 0.1) is 0 Å². The second kappa shape index (κ2) is 8.20. The molecule has 1 N–H and O–H groups in total. The fourth-order valence-corrected chi connectivity index (χ4v) is 2.72. The molecule has 0 bridgehead atoms. The van der Waals surface area contributed by atoms with Crippen LogP contribution < -0.4 is 10.2 Å². The number of nitrogens with zero attached hydrogens (tertiary/aromatic N) is 1. The van der Waals surface area contributed by atoms with E-state index in [-0.39, 0.29) is 0 Å². The van der Waals surface area contributed by atoms with Crippen molar-refractivity contribution in [3.8, 4) is 0 Å². The van der Waals surface area contributed by atoms with Crippen LogP contribution in [-0.4, -0.2) is 13.6 Å². The van der Waals surface area contributed by atoms with Crippen LogP contribution in [0.25, 0.3) is 0 Å². The number of anilines is 1. The van der Waals surface area contributed by atoms with Crippen LogP contribution in [0.5, 0.6) is 0 Å². The van der Waals surface area contributed by atoms with Crippen molar-refractivity contribution in [2.45, 2.75) is 26.4 Å². The SMILES string of the molecule is CCCNCc1ccc(N(C)Cc2cccc(Br)c2)cc1. The van der Waals surface area contributed by atoms with Gasteiger partial charge in [0.25, 0.3) is 0 Å². The summed E-state index contributed by atoms with van der Waals surface area (Å²) in [4.78, 5) is 2.27. The van der Waals surface area contributed by atoms with Crippen LogP contribution in [-0.2, 0) is 13.1 Å². The second-order valence-electron chi connectivity index (χ2n) is 5.33. The molecule has 0 unspecified atom stereocenters. The van der Waals surface area contributed by atoms with Crippen molar-refractivity contribution in [3.63, 3.8) is 0 Å². The van der Waals surface area contributed by atoms with Crippen molar-refractivity contribution in [2.75, 3.05) is 18.5 Å². The Morgan fingerprint density at radius 1 is 1.05 bits per heavy atom. The minimum atomic E-state index is 0.910. The fourth-order valence-electron chi connectivity index (χ4n) is 2.28. The molecular formula is C18H23BrN2. The quantitative estimate of drug-likeness (QED) is 0.738. The van der Waals surface area contributed by atoms with Crippen molar-refractivity contribution >= 4 is 21.6 Å². The van der Waals surface area contributed by atoms with E-state index in [0.717, 1.165) is 24.1 Å². The molecule has 2 aromatic carbocycles. The average molecular weight is 347 g/mol. The zero-order valence-electron chi connectivity index (χ0n) is 12.8. The van der Waals surface area contributed by atoms with Crippen LogP contribution in [0.1, 0.15) is 24.5 Å². The summed E-state index contributed by atoms with van der Waals surface area (Å²) in [6.45, 7) is 5.12. The molecule has 0 radical (unpaired) electrons. The fraction of sp³-hybridized carbons (Fsp3) is 0.333. The summed E-state index contributed by atoms with van der Waals surface area (Å²) in [5, 5.41) is 3.43. The van der Waals surface area contributed by atoms with E-state index in [4.69, 9.17) is 0 Å². The highest BCUT2D eigenvalue weighted by Gasteiger charge is 2.03. The molecule has 0 aliphatic heterocycles. The molecule has 0 aliphatic carbocycles. The Morgan fingerprint density at radius 2 is 1.81 bits per heavy atom. The predicted molar refractivity (Wildman–Crippen MR) is 94.7 cm³/mol. The van der Waals surface area contributed by atoms with E-state index in [1.165, 1.54) is 23.2 Å². The standard InChI is InChI=1S/C18H23BrN2/c1-3-11-20-13-15-7-9-18(10-8-15)21(2)14-16-5-4-6-17(19)12-16/h4-10,12,20H,3,11,13-14H2,1-2H3. The lowest BCUT2D eigenvalue weighted by Crippen LogP contribution is -2.17. The van der Waals surface area contributed by atoms with Crippen molar-refractivity contribution in [1.82, 2.24) is 5.32 Å². The topological polar surface area (TPSA) is 15.3 Å². The highest BCUT2D eigenvalue weighted by Crippen LogP contribution is 2.18. The molecule has 0 amide bonds. The van der Waals surface area contributed by atoms with E-state index >= 15 is 0 Å². The Hall–Kier alpha value is -1.32. The maximum Gasteiger partial charge on any atom is 0.0426 e. The molecule has 2 nitrogen and oxygen atoms in total. The average Bonchev–Trinajstić information content (AvgIpc) is 2.48. The van der Waals surface area contributed by atoms with Gasteiger partial charge in [-0.1, -0.05) is 47.1 Å². The monoisotopic (exact) mass is 346 g/mol. The third-order valence-electron chi connectivity index (χ3n) is 3.44. The summed E-state index contributed by atoms with van der Waals surface area (Å²) in [5.74, 6) is 0. The van der Waals surface area contributed by atoms with Crippen molar-refractivity contribution in [1.29, 1.82) is 0 Å². The van der Waals surface area contributed by atoms with Gasteiger partial charge in [0.2, 0.25) is 0 Å². The molecule has 2 rings (SSSR count). The maximum atomic E-state index is 3.52. The summed E-state index contributed by atoms with van der Waals surface area (Å²) in [7, 11) is 2.13. The minimum absolute atomic E-state index is 0.910. The highest BCUT2D eigenvalue weighted by atomic mass is 79.9. The van der Waals surface area contributed by atoms with Gasteiger partial charge in [0.15, 0.2) is 0 Å². The number of hydrogen-bond acceptors (Lipinski definition) is 2. The first-order valence-corrected chi connectivity index (χ1v) is 8.23. The van der Waals surface area contributed by atoms with Crippen molar-refractivity contribution in [2.24, 2.45) is 0 Å². The van der Waals surface area contributed by atoms with Gasteiger partial charge in [-0.3, -0.25) is 0 Å². The molecule has 0 spiro atoms. The summed E-state index contributed by atoms with van der Waals surface area (Å²) < 4.78 is 1.13. The Kier molecular flexibility index (Phi) is 6.27. The zero-order valence-corrected chi connectivity index (χ0v) is 14.4. The molecule has 21 heavy (non-hydrogen) atoms. The molecule has 0 fully saturated rings. The predicted octanol–water partition coefficient (Wildman–Crippen LogP) is 4.59. The minimum Gasteiger partial charge on any atom is -0.370 e. The summed E-state index contributed by atoms with van der Waals surface area (Å²) in [6, 6.07) is 17.3. The van der Waals surface area contributed by atoms with Gasteiger partial charge in [-0.2, -0.15) is 0 Å². The highest BCUT2D eigenvalue weighted by molar-refractivity contribution is 9.10. The molecular weight excluding hydrogens is 324 g/mol. The summed E-state index contributed by atoms with van der Waals surface area (Å²) in [6.07, 6.45) is 1.17. The molecule has 2 aromatic rings. The van der Waals surface area contributed by atoms with Gasteiger partial charge in [0.1, 0.15) is 0 Å². The van der Waals surface area contributed by atoms with Crippen LogP contribution >= 0.6 is 15.9 Å². The normalized spacial score (nSPS) is 10.6. The van der Waals surface area contributed by atoms with Crippen LogP contribution in [0.3, 0.4) is 0 Å². The van der Waals surface area contributed by atoms with Gasteiger partial charge in [-0.25, -0.2) is 0 Å². The van der Waals surface area contributed by atoms with Crippen molar-refractivity contribution in [3.05, 3.63) is 64.1 Å². The maximum absolute atomic E-state index is 3.52. The number of hydrogen-bond donors (Lipinski definition) is 1. The first-order valence-electron chi connectivity index (χ1n) is 7.44. The lowest BCUT2D eigenvalue weighted by molar-refractivity contribution is 0.675. The molecule has 3 heteroatoms. The Labute approximate surface area is 136 Å². The van der Waals surface area contributed by atoms with Gasteiger partial charge in [-0.05, 0) is 48.4 Å². The smallest absolute Gasteiger partial charge is 0.0426 e. The van der Waals surface area contributed by atoms with Crippen LogP contribution in [0.2, 0.25) is 0 Å². The van der Waals surface area contributed by atoms with E-state index in [1.54, 1.807) is 0 Å². The Balaban J connectivity index is 1.94.